The van der Waals surface area contributed by atoms with E-state index < -0.39 is 0 Å². The highest BCUT2D eigenvalue weighted by atomic mass is 16.3. The number of fused-ring (bicyclic) bond motifs is 1. The minimum absolute atomic E-state index is 0.150. The average Bonchev–Trinajstić information content (AvgIpc) is 2.74. The van der Waals surface area contributed by atoms with Crippen LogP contribution in [0.1, 0.15) is 18.7 Å². The Kier molecular flexibility index (Phi) is 4.67. The molecule has 0 radical (unpaired) electrons. The molecule has 28 heavy (non-hydrogen) atoms. The fraction of sp³-hybridized carbons (Fsp3) is 0.190. The van der Waals surface area contributed by atoms with Crippen LogP contribution in [0.4, 0.5) is 0 Å². The molecule has 0 amide bonds. The highest BCUT2D eigenvalue weighted by molar-refractivity contribution is 5.93. The highest BCUT2D eigenvalue weighted by Gasteiger charge is 2.16. The minimum atomic E-state index is -0.371. The standard InChI is InChI=1S/C21H19N5O2/c1-13-5-6-15(10-23-13)18-8-17-20(19(25-18)16-4-3-7-22-9-16)24-12-26(21(17)28)14(2)11-27/h3-10,12,14,27H,11H2,1-2H3/t14-/m0/s1. The Morgan fingerprint density at radius 3 is 2.68 bits per heavy atom. The lowest BCUT2D eigenvalue weighted by molar-refractivity contribution is 0.236. The summed E-state index contributed by atoms with van der Waals surface area (Å²) in [7, 11) is 0. The predicted molar refractivity (Wildman–Crippen MR) is 107 cm³/mol. The van der Waals surface area contributed by atoms with E-state index in [2.05, 4.69) is 15.0 Å². The van der Waals surface area contributed by atoms with Crippen LogP contribution in [0.3, 0.4) is 0 Å². The molecule has 140 valence electrons. The van der Waals surface area contributed by atoms with Crippen LogP contribution < -0.4 is 5.56 Å². The topological polar surface area (TPSA) is 93.8 Å². The third kappa shape index (κ3) is 3.16. The molecular formula is C21H19N5O2. The van der Waals surface area contributed by atoms with Gasteiger partial charge in [0.15, 0.2) is 0 Å². The number of aliphatic hydroxyl groups is 1. The van der Waals surface area contributed by atoms with Gasteiger partial charge >= 0.3 is 0 Å². The fourth-order valence-electron chi connectivity index (χ4n) is 3.02. The van der Waals surface area contributed by atoms with Gasteiger partial charge in [0.2, 0.25) is 0 Å². The number of rotatable bonds is 4. The van der Waals surface area contributed by atoms with Crippen LogP contribution in [0.25, 0.3) is 33.4 Å². The van der Waals surface area contributed by atoms with Crippen molar-refractivity contribution in [2.45, 2.75) is 19.9 Å². The van der Waals surface area contributed by atoms with Gasteiger partial charge in [-0.15, -0.1) is 0 Å². The maximum Gasteiger partial charge on any atom is 0.261 e. The van der Waals surface area contributed by atoms with E-state index in [1.807, 2.05) is 31.2 Å². The van der Waals surface area contributed by atoms with Crippen molar-refractivity contribution in [1.82, 2.24) is 24.5 Å². The van der Waals surface area contributed by atoms with Crippen molar-refractivity contribution in [3.63, 3.8) is 0 Å². The Morgan fingerprint density at radius 2 is 2.00 bits per heavy atom. The van der Waals surface area contributed by atoms with Gasteiger partial charge in [-0.3, -0.25) is 19.3 Å². The van der Waals surface area contributed by atoms with Crippen molar-refractivity contribution in [2.24, 2.45) is 0 Å². The van der Waals surface area contributed by atoms with E-state index in [1.165, 1.54) is 10.9 Å². The normalized spacial score (nSPS) is 12.2. The van der Waals surface area contributed by atoms with E-state index in [4.69, 9.17) is 4.98 Å². The highest BCUT2D eigenvalue weighted by Crippen LogP contribution is 2.28. The predicted octanol–water partition coefficient (Wildman–Crippen LogP) is 2.78. The van der Waals surface area contributed by atoms with Crippen LogP contribution in [0.5, 0.6) is 0 Å². The van der Waals surface area contributed by atoms with Crippen LogP contribution in [-0.4, -0.2) is 36.2 Å². The second kappa shape index (κ2) is 7.28. The summed E-state index contributed by atoms with van der Waals surface area (Å²) in [4.78, 5) is 30.9. The molecule has 7 heteroatoms. The molecular weight excluding hydrogens is 354 g/mol. The zero-order valence-electron chi connectivity index (χ0n) is 15.6. The number of hydrogen-bond acceptors (Lipinski definition) is 6. The maximum atomic E-state index is 13.1. The SMILES string of the molecule is Cc1ccc(-c2cc3c(=O)n([C@@H](C)CO)cnc3c(-c3cccnc3)n2)cn1. The first kappa shape index (κ1) is 17.9. The Hall–Kier alpha value is -3.45. The molecule has 4 aromatic heterocycles. The van der Waals surface area contributed by atoms with E-state index in [9.17, 15) is 9.90 Å². The summed E-state index contributed by atoms with van der Waals surface area (Å²) >= 11 is 0. The van der Waals surface area contributed by atoms with Gasteiger partial charge in [0, 0.05) is 35.4 Å². The first-order chi connectivity index (χ1) is 13.6. The molecule has 4 heterocycles. The second-order valence-corrected chi connectivity index (χ2v) is 6.67. The molecule has 7 nitrogen and oxygen atoms in total. The van der Waals surface area contributed by atoms with Gasteiger partial charge in [-0.2, -0.15) is 0 Å². The summed E-state index contributed by atoms with van der Waals surface area (Å²) in [5, 5.41) is 9.90. The average molecular weight is 373 g/mol. The van der Waals surface area contributed by atoms with Crippen molar-refractivity contribution in [2.75, 3.05) is 6.61 Å². The molecule has 0 saturated carbocycles. The van der Waals surface area contributed by atoms with Crippen molar-refractivity contribution >= 4 is 10.9 Å². The summed E-state index contributed by atoms with van der Waals surface area (Å²) in [6.45, 7) is 3.53. The minimum Gasteiger partial charge on any atom is -0.394 e. The van der Waals surface area contributed by atoms with E-state index in [0.717, 1.165) is 16.8 Å². The number of nitrogens with zero attached hydrogens (tertiary/aromatic N) is 5. The Labute approximate surface area is 161 Å². The molecule has 0 aliphatic heterocycles. The number of aliphatic hydroxyl groups excluding tert-OH is 1. The summed E-state index contributed by atoms with van der Waals surface area (Å²) in [5.41, 5.74) is 3.98. The van der Waals surface area contributed by atoms with Gasteiger partial charge in [-0.25, -0.2) is 9.97 Å². The molecule has 0 spiro atoms. The van der Waals surface area contributed by atoms with E-state index in [1.54, 1.807) is 31.6 Å². The van der Waals surface area contributed by atoms with E-state index in [0.29, 0.717) is 22.3 Å². The van der Waals surface area contributed by atoms with Gasteiger partial charge < -0.3 is 5.11 Å². The third-order valence-electron chi connectivity index (χ3n) is 4.65. The van der Waals surface area contributed by atoms with Crippen LogP contribution in [0.2, 0.25) is 0 Å². The largest absolute Gasteiger partial charge is 0.394 e. The summed E-state index contributed by atoms with van der Waals surface area (Å²) in [6.07, 6.45) is 6.58. The lowest BCUT2D eigenvalue weighted by Gasteiger charge is -2.14. The molecule has 0 bridgehead atoms. The molecule has 0 fully saturated rings. The lowest BCUT2D eigenvalue weighted by Crippen LogP contribution is -2.25. The number of pyridine rings is 3. The quantitative estimate of drug-likeness (QED) is 0.591. The van der Waals surface area contributed by atoms with Crippen molar-refractivity contribution in [1.29, 1.82) is 0 Å². The first-order valence-electron chi connectivity index (χ1n) is 8.94. The zero-order valence-corrected chi connectivity index (χ0v) is 15.6. The van der Waals surface area contributed by atoms with Crippen molar-refractivity contribution < 1.29 is 5.11 Å². The van der Waals surface area contributed by atoms with E-state index in [-0.39, 0.29) is 18.2 Å². The molecule has 4 aromatic rings. The van der Waals surface area contributed by atoms with E-state index >= 15 is 0 Å². The van der Waals surface area contributed by atoms with Crippen molar-refractivity contribution in [3.8, 4) is 22.5 Å². The van der Waals surface area contributed by atoms with Crippen LogP contribution in [-0.2, 0) is 0 Å². The smallest absolute Gasteiger partial charge is 0.261 e. The number of hydrogen-bond donors (Lipinski definition) is 1. The van der Waals surface area contributed by atoms with Gasteiger partial charge in [0.05, 0.1) is 35.8 Å². The Bertz CT molecular complexity index is 1190. The van der Waals surface area contributed by atoms with Gasteiger partial charge in [0.1, 0.15) is 5.52 Å². The molecule has 1 N–H and O–H groups in total. The summed E-state index contributed by atoms with van der Waals surface area (Å²) in [5.74, 6) is 0. The van der Waals surface area contributed by atoms with Gasteiger partial charge in [-0.05, 0) is 44.2 Å². The van der Waals surface area contributed by atoms with Crippen molar-refractivity contribution in [3.05, 3.63) is 71.3 Å². The molecule has 0 aliphatic carbocycles. The molecule has 0 saturated heterocycles. The molecule has 0 unspecified atom stereocenters. The molecule has 1 atom stereocenters. The zero-order chi connectivity index (χ0) is 19.7. The molecule has 4 rings (SSSR count). The number of aryl methyl sites for hydroxylation is 1. The number of aromatic nitrogens is 5. The first-order valence-corrected chi connectivity index (χ1v) is 8.94. The fourth-order valence-corrected chi connectivity index (χ4v) is 3.02. The van der Waals surface area contributed by atoms with Crippen LogP contribution in [0.15, 0.2) is 60.0 Å². The van der Waals surface area contributed by atoms with Crippen LogP contribution in [0, 0.1) is 6.92 Å². The molecule has 0 aromatic carbocycles. The van der Waals surface area contributed by atoms with Gasteiger partial charge in [-0.1, -0.05) is 0 Å². The third-order valence-corrected chi connectivity index (χ3v) is 4.65. The Balaban J connectivity index is 2.04. The maximum absolute atomic E-state index is 13.1. The second-order valence-electron chi connectivity index (χ2n) is 6.67. The Morgan fingerprint density at radius 1 is 1.14 bits per heavy atom. The van der Waals surface area contributed by atoms with Gasteiger partial charge in [0.25, 0.3) is 5.56 Å². The molecule has 0 aliphatic rings. The van der Waals surface area contributed by atoms with Crippen LogP contribution >= 0.6 is 0 Å². The summed E-state index contributed by atoms with van der Waals surface area (Å²) < 4.78 is 1.44. The lowest BCUT2D eigenvalue weighted by atomic mass is 10.1. The summed E-state index contributed by atoms with van der Waals surface area (Å²) in [6, 6.07) is 8.89. The monoisotopic (exact) mass is 373 g/mol.